The fourth-order valence-corrected chi connectivity index (χ4v) is 4.10. The minimum Gasteiger partial charge on any atom is -0.481 e. The molecule has 1 unspecified atom stereocenters. The van der Waals surface area contributed by atoms with Crippen LogP contribution < -0.4 is 0 Å². The van der Waals surface area contributed by atoms with Crippen LogP contribution >= 0.6 is 0 Å². The number of likely N-dealkylation sites (N-methyl/N-ethyl adjacent to an activating group) is 1. The number of nitrogens with zero attached hydrogens (tertiary/aromatic N) is 2. The maximum Gasteiger partial charge on any atom is 0.311 e. The number of carbonyl (C=O) groups excluding carboxylic acids is 1. The van der Waals surface area contributed by atoms with Gasteiger partial charge in [0.25, 0.3) is 0 Å². The number of rotatable bonds is 4. The van der Waals surface area contributed by atoms with Gasteiger partial charge in [0.05, 0.1) is 11.5 Å². The number of amides is 1. The van der Waals surface area contributed by atoms with Crippen LogP contribution in [0, 0.1) is 17.3 Å². The molecule has 2 rings (SSSR count). The summed E-state index contributed by atoms with van der Waals surface area (Å²) in [6.45, 7) is 5.07. The summed E-state index contributed by atoms with van der Waals surface area (Å²) in [6.07, 6.45) is 2.62. The summed E-state index contributed by atoms with van der Waals surface area (Å²) in [5.41, 5.74) is -0.677. The molecular formula is C15H26N2O3. The van der Waals surface area contributed by atoms with E-state index in [9.17, 15) is 14.7 Å². The predicted octanol–water partition coefficient (Wildman–Crippen LogP) is 1.29. The second-order valence-electron chi connectivity index (χ2n) is 6.92. The lowest BCUT2D eigenvalue weighted by Gasteiger charge is -2.31. The van der Waals surface area contributed by atoms with Gasteiger partial charge in [-0.3, -0.25) is 14.5 Å². The number of likely N-dealkylation sites (tertiary alicyclic amines) is 1. The zero-order valence-corrected chi connectivity index (χ0v) is 12.9. The molecule has 2 aliphatic rings. The van der Waals surface area contributed by atoms with Gasteiger partial charge in [0, 0.05) is 13.1 Å². The Balaban J connectivity index is 2.16. The Morgan fingerprint density at radius 1 is 1.35 bits per heavy atom. The van der Waals surface area contributed by atoms with Gasteiger partial charge in [-0.05, 0) is 38.8 Å². The number of carbonyl (C=O) groups is 2. The number of carboxylic acids is 1. The lowest BCUT2D eigenvalue weighted by molar-refractivity contribution is -0.149. The molecule has 5 nitrogen and oxygen atoms in total. The van der Waals surface area contributed by atoms with Gasteiger partial charge in [-0.2, -0.15) is 0 Å². The van der Waals surface area contributed by atoms with Crippen molar-refractivity contribution in [1.82, 2.24) is 9.80 Å². The predicted molar refractivity (Wildman–Crippen MR) is 76.3 cm³/mol. The third-order valence-electron chi connectivity index (χ3n) is 5.05. The van der Waals surface area contributed by atoms with E-state index in [0.717, 1.165) is 12.8 Å². The minimum absolute atomic E-state index is 0.0834. The number of hydrogen-bond acceptors (Lipinski definition) is 3. The summed E-state index contributed by atoms with van der Waals surface area (Å²) in [5.74, 6) is -0.279. The first-order chi connectivity index (χ1) is 9.29. The van der Waals surface area contributed by atoms with Crippen LogP contribution in [0.4, 0.5) is 0 Å². The molecule has 1 saturated heterocycles. The highest BCUT2D eigenvalue weighted by Crippen LogP contribution is 2.49. The standard InChI is InChI=1S/C15H26N2O3/c1-10(2)12(16(3)4)13(18)17-8-11-6-5-7-15(11,9-17)14(19)20/h10-12H,5-9H2,1-4H3,(H,19,20)/t11-,12?,15+/m0/s1. The molecule has 1 saturated carbocycles. The van der Waals surface area contributed by atoms with Gasteiger partial charge < -0.3 is 10.0 Å². The Labute approximate surface area is 120 Å². The molecule has 2 fully saturated rings. The van der Waals surface area contributed by atoms with Crippen molar-refractivity contribution < 1.29 is 14.7 Å². The molecule has 3 atom stereocenters. The van der Waals surface area contributed by atoms with Crippen molar-refractivity contribution in [3.05, 3.63) is 0 Å². The average molecular weight is 282 g/mol. The van der Waals surface area contributed by atoms with Crippen LogP contribution in [0.3, 0.4) is 0 Å². The minimum atomic E-state index is -0.721. The lowest BCUT2D eigenvalue weighted by atomic mass is 9.81. The number of aliphatic carboxylic acids is 1. The van der Waals surface area contributed by atoms with E-state index in [1.807, 2.05) is 32.8 Å². The van der Waals surface area contributed by atoms with Crippen LogP contribution in [-0.2, 0) is 9.59 Å². The fourth-order valence-electron chi connectivity index (χ4n) is 4.10. The van der Waals surface area contributed by atoms with Crippen LogP contribution in [0.2, 0.25) is 0 Å². The SMILES string of the molecule is CC(C)C(C(=O)N1C[C@@H]2CCC[C@@]2(C(=O)O)C1)N(C)C. The largest absolute Gasteiger partial charge is 0.481 e. The molecule has 1 aliphatic carbocycles. The maximum atomic E-state index is 12.7. The Kier molecular flexibility index (Phi) is 4.09. The van der Waals surface area contributed by atoms with Crippen molar-refractivity contribution in [2.24, 2.45) is 17.3 Å². The van der Waals surface area contributed by atoms with E-state index >= 15 is 0 Å². The topological polar surface area (TPSA) is 60.9 Å². The first kappa shape index (κ1) is 15.3. The molecule has 0 radical (unpaired) electrons. The third-order valence-corrected chi connectivity index (χ3v) is 5.05. The van der Waals surface area contributed by atoms with Crippen molar-refractivity contribution in [2.75, 3.05) is 27.2 Å². The molecule has 0 aromatic heterocycles. The second kappa shape index (κ2) is 5.35. The van der Waals surface area contributed by atoms with E-state index in [0.29, 0.717) is 19.5 Å². The first-order valence-corrected chi connectivity index (χ1v) is 7.48. The van der Waals surface area contributed by atoms with E-state index in [1.165, 1.54) is 0 Å². The molecule has 1 heterocycles. The summed E-state index contributed by atoms with van der Waals surface area (Å²) < 4.78 is 0. The van der Waals surface area contributed by atoms with Gasteiger partial charge in [-0.15, -0.1) is 0 Å². The molecule has 114 valence electrons. The highest BCUT2D eigenvalue weighted by molar-refractivity contribution is 5.85. The Morgan fingerprint density at radius 3 is 2.45 bits per heavy atom. The number of hydrogen-bond donors (Lipinski definition) is 1. The summed E-state index contributed by atoms with van der Waals surface area (Å²) in [6, 6.07) is -0.167. The van der Waals surface area contributed by atoms with Crippen LogP contribution in [-0.4, -0.2) is 60.0 Å². The van der Waals surface area contributed by atoms with Crippen molar-refractivity contribution in [3.63, 3.8) is 0 Å². The van der Waals surface area contributed by atoms with E-state index < -0.39 is 11.4 Å². The normalized spacial score (nSPS) is 30.9. The monoisotopic (exact) mass is 282 g/mol. The van der Waals surface area contributed by atoms with Crippen LogP contribution in [0.1, 0.15) is 33.1 Å². The smallest absolute Gasteiger partial charge is 0.311 e. The summed E-state index contributed by atoms with van der Waals surface area (Å²) in [5, 5.41) is 9.58. The average Bonchev–Trinajstić information content (AvgIpc) is 2.83. The van der Waals surface area contributed by atoms with Gasteiger partial charge in [0.1, 0.15) is 0 Å². The van der Waals surface area contributed by atoms with Crippen molar-refractivity contribution >= 4 is 11.9 Å². The van der Waals surface area contributed by atoms with E-state index in [1.54, 1.807) is 4.90 Å². The highest BCUT2D eigenvalue weighted by atomic mass is 16.4. The van der Waals surface area contributed by atoms with Crippen molar-refractivity contribution in [1.29, 1.82) is 0 Å². The molecule has 1 amide bonds. The molecule has 0 aromatic carbocycles. The second-order valence-corrected chi connectivity index (χ2v) is 6.92. The third kappa shape index (κ3) is 2.32. The van der Waals surface area contributed by atoms with Gasteiger partial charge in [-0.1, -0.05) is 20.3 Å². The Hall–Kier alpha value is -1.10. The maximum absolute atomic E-state index is 12.7. The zero-order chi connectivity index (χ0) is 15.1. The highest BCUT2D eigenvalue weighted by Gasteiger charge is 2.56. The van der Waals surface area contributed by atoms with Crippen LogP contribution in [0.5, 0.6) is 0 Å². The zero-order valence-electron chi connectivity index (χ0n) is 12.9. The van der Waals surface area contributed by atoms with Crippen LogP contribution in [0.15, 0.2) is 0 Å². The molecule has 20 heavy (non-hydrogen) atoms. The lowest BCUT2D eigenvalue weighted by Crippen LogP contribution is -2.49. The molecule has 0 bridgehead atoms. The molecular weight excluding hydrogens is 256 g/mol. The van der Waals surface area contributed by atoms with E-state index in [-0.39, 0.29) is 23.8 Å². The molecule has 1 aliphatic heterocycles. The van der Waals surface area contributed by atoms with E-state index in [4.69, 9.17) is 0 Å². The fraction of sp³-hybridized carbons (Fsp3) is 0.867. The molecule has 0 aromatic rings. The summed E-state index contributed by atoms with van der Waals surface area (Å²) >= 11 is 0. The van der Waals surface area contributed by atoms with Gasteiger partial charge in [0.15, 0.2) is 0 Å². The quantitative estimate of drug-likeness (QED) is 0.844. The molecule has 0 spiro atoms. The van der Waals surface area contributed by atoms with Gasteiger partial charge >= 0.3 is 5.97 Å². The van der Waals surface area contributed by atoms with Crippen LogP contribution in [0.25, 0.3) is 0 Å². The first-order valence-electron chi connectivity index (χ1n) is 7.48. The number of carboxylic acid groups (broad SMARTS) is 1. The van der Waals surface area contributed by atoms with Gasteiger partial charge in [0.2, 0.25) is 5.91 Å². The Bertz CT molecular complexity index is 400. The van der Waals surface area contributed by atoms with Crippen molar-refractivity contribution in [3.8, 4) is 0 Å². The van der Waals surface area contributed by atoms with Crippen molar-refractivity contribution in [2.45, 2.75) is 39.2 Å². The van der Waals surface area contributed by atoms with Gasteiger partial charge in [-0.25, -0.2) is 0 Å². The molecule has 1 N–H and O–H groups in total. The Morgan fingerprint density at radius 2 is 2.00 bits per heavy atom. The summed E-state index contributed by atoms with van der Waals surface area (Å²) in [7, 11) is 3.82. The van der Waals surface area contributed by atoms with E-state index in [2.05, 4.69) is 0 Å². The molecule has 5 heteroatoms. The summed E-state index contributed by atoms with van der Waals surface area (Å²) in [4.78, 5) is 28.1. The number of fused-ring (bicyclic) bond motifs is 1.